The fourth-order valence-electron chi connectivity index (χ4n) is 1.28. The van der Waals surface area contributed by atoms with Crippen LogP contribution in [0.5, 0.6) is 5.75 Å². The lowest BCUT2D eigenvalue weighted by Gasteiger charge is -2.26. The Bertz CT molecular complexity index is 310. The summed E-state index contributed by atoms with van der Waals surface area (Å²) in [6.07, 6.45) is 3.86. The predicted octanol–water partition coefficient (Wildman–Crippen LogP) is 2.85. The second-order valence-electron chi connectivity index (χ2n) is 3.35. The van der Waals surface area contributed by atoms with E-state index >= 15 is 0 Å². The van der Waals surface area contributed by atoms with Gasteiger partial charge in [-0.3, -0.25) is 0 Å². The van der Waals surface area contributed by atoms with Crippen molar-refractivity contribution < 1.29 is 4.74 Å². The summed E-state index contributed by atoms with van der Waals surface area (Å²) >= 11 is 5.83. The minimum absolute atomic E-state index is 0.348. The number of ether oxygens (including phenoxy) is 1. The van der Waals surface area contributed by atoms with Crippen LogP contribution >= 0.6 is 11.6 Å². The molecule has 1 aliphatic carbocycles. The summed E-state index contributed by atoms with van der Waals surface area (Å²) in [7, 11) is 0. The van der Waals surface area contributed by atoms with E-state index in [1.807, 2.05) is 0 Å². The van der Waals surface area contributed by atoms with Crippen molar-refractivity contribution in [1.29, 1.82) is 0 Å². The van der Waals surface area contributed by atoms with E-state index in [9.17, 15) is 0 Å². The van der Waals surface area contributed by atoms with Crippen LogP contribution in [0.2, 0.25) is 5.02 Å². The number of halogens is 1. The second-order valence-corrected chi connectivity index (χ2v) is 3.79. The van der Waals surface area contributed by atoms with Crippen molar-refractivity contribution in [2.24, 2.45) is 0 Å². The smallest absolute Gasteiger partial charge is 0.144 e. The van der Waals surface area contributed by atoms with E-state index in [1.165, 1.54) is 6.42 Å². The molecule has 0 radical (unpaired) electrons. The van der Waals surface area contributed by atoms with Crippen LogP contribution in [0, 0.1) is 0 Å². The summed E-state index contributed by atoms with van der Waals surface area (Å²) in [6, 6.07) is 5.32. The van der Waals surface area contributed by atoms with Crippen LogP contribution in [0.1, 0.15) is 19.3 Å². The first kappa shape index (κ1) is 8.70. The van der Waals surface area contributed by atoms with Gasteiger partial charge >= 0.3 is 0 Å². The highest BCUT2D eigenvalue weighted by Gasteiger charge is 2.19. The normalized spacial score (nSPS) is 16.7. The lowest BCUT2D eigenvalue weighted by molar-refractivity contribution is 0.121. The van der Waals surface area contributed by atoms with Gasteiger partial charge in [-0.25, -0.2) is 0 Å². The first-order chi connectivity index (χ1) is 6.25. The number of nitrogen functional groups attached to an aromatic ring is 1. The van der Waals surface area contributed by atoms with Crippen LogP contribution < -0.4 is 10.5 Å². The van der Waals surface area contributed by atoms with E-state index in [4.69, 9.17) is 22.1 Å². The fourth-order valence-corrected chi connectivity index (χ4v) is 1.44. The average Bonchev–Trinajstić information content (AvgIpc) is 2.03. The van der Waals surface area contributed by atoms with Crippen LogP contribution in [-0.4, -0.2) is 6.10 Å². The first-order valence-electron chi connectivity index (χ1n) is 4.47. The molecule has 1 fully saturated rings. The Hall–Kier alpha value is -0.890. The number of hydrogen-bond donors (Lipinski definition) is 1. The molecule has 1 saturated carbocycles. The molecule has 0 heterocycles. The molecule has 13 heavy (non-hydrogen) atoms. The summed E-state index contributed by atoms with van der Waals surface area (Å²) in [5, 5.41) is 0.670. The third-order valence-corrected chi connectivity index (χ3v) is 2.56. The third-order valence-electron chi connectivity index (χ3n) is 2.32. The Morgan fingerprint density at radius 1 is 1.38 bits per heavy atom. The molecule has 1 aromatic carbocycles. The van der Waals surface area contributed by atoms with Crippen molar-refractivity contribution in [1.82, 2.24) is 0 Å². The molecule has 2 nitrogen and oxygen atoms in total. The highest BCUT2D eigenvalue weighted by atomic mass is 35.5. The molecule has 70 valence electrons. The Morgan fingerprint density at radius 3 is 2.77 bits per heavy atom. The number of nitrogens with two attached hydrogens (primary N) is 1. The van der Waals surface area contributed by atoms with Crippen LogP contribution in [0.3, 0.4) is 0 Å². The zero-order valence-corrected chi connectivity index (χ0v) is 8.05. The molecule has 0 aliphatic heterocycles. The van der Waals surface area contributed by atoms with Crippen molar-refractivity contribution in [2.75, 3.05) is 5.73 Å². The summed E-state index contributed by atoms with van der Waals surface area (Å²) in [6.45, 7) is 0. The van der Waals surface area contributed by atoms with Crippen molar-refractivity contribution in [3.05, 3.63) is 23.2 Å². The molecule has 3 heteroatoms. The lowest BCUT2D eigenvalue weighted by atomic mass is 9.96. The second kappa shape index (κ2) is 3.46. The minimum atomic E-state index is 0.348. The molecule has 0 atom stereocenters. The molecule has 0 spiro atoms. The lowest BCUT2D eigenvalue weighted by Crippen LogP contribution is -2.24. The Balaban J connectivity index is 2.13. The largest absolute Gasteiger partial charge is 0.488 e. The Labute approximate surface area is 82.6 Å². The van der Waals surface area contributed by atoms with Gasteiger partial charge in [-0.15, -0.1) is 0 Å². The fraction of sp³-hybridized carbons (Fsp3) is 0.400. The molecule has 0 bridgehead atoms. The highest BCUT2D eigenvalue weighted by Crippen LogP contribution is 2.30. The maximum Gasteiger partial charge on any atom is 0.144 e. The van der Waals surface area contributed by atoms with Gasteiger partial charge in [0, 0.05) is 11.1 Å². The monoisotopic (exact) mass is 197 g/mol. The number of anilines is 1. The molecule has 0 amide bonds. The van der Waals surface area contributed by atoms with E-state index in [1.54, 1.807) is 18.2 Å². The van der Waals surface area contributed by atoms with E-state index < -0.39 is 0 Å². The highest BCUT2D eigenvalue weighted by molar-refractivity contribution is 6.30. The number of rotatable bonds is 2. The molecular weight excluding hydrogens is 186 g/mol. The van der Waals surface area contributed by atoms with Crippen molar-refractivity contribution >= 4 is 17.3 Å². The van der Waals surface area contributed by atoms with Gasteiger partial charge in [0.1, 0.15) is 5.75 Å². The van der Waals surface area contributed by atoms with Gasteiger partial charge in [-0.05, 0) is 31.4 Å². The van der Waals surface area contributed by atoms with Gasteiger partial charge in [-0.1, -0.05) is 11.6 Å². The summed E-state index contributed by atoms with van der Waals surface area (Å²) in [5.74, 6) is 0.720. The molecule has 0 aromatic heterocycles. The van der Waals surface area contributed by atoms with Gasteiger partial charge in [0.25, 0.3) is 0 Å². The standard InChI is InChI=1S/C10H12ClNO/c11-7-4-5-9(12)10(6-7)13-8-2-1-3-8/h4-6,8H,1-3,12H2. The molecule has 2 rings (SSSR count). The molecule has 2 N–H and O–H groups in total. The minimum Gasteiger partial charge on any atom is -0.488 e. The molecular formula is C10H12ClNO. The van der Waals surface area contributed by atoms with Crippen molar-refractivity contribution in [3.8, 4) is 5.75 Å². The molecule has 0 saturated heterocycles. The topological polar surface area (TPSA) is 35.2 Å². The summed E-state index contributed by atoms with van der Waals surface area (Å²) in [4.78, 5) is 0. The third kappa shape index (κ3) is 1.89. The van der Waals surface area contributed by atoms with Crippen molar-refractivity contribution in [3.63, 3.8) is 0 Å². The maximum atomic E-state index is 5.83. The van der Waals surface area contributed by atoms with Crippen LogP contribution in [0.4, 0.5) is 5.69 Å². The van der Waals surface area contributed by atoms with Crippen LogP contribution in [0.15, 0.2) is 18.2 Å². The van der Waals surface area contributed by atoms with E-state index in [2.05, 4.69) is 0 Å². The van der Waals surface area contributed by atoms with Crippen LogP contribution in [-0.2, 0) is 0 Å². The summed E-state index contributed by atoms with van der Waals surface area (Å²) < 4.78 is 5.65. The van der Waals surface area contributed by atoms with Crippen molar-refractivity contribution in [2.45, 2.75) is 25.4 Å². The zero-order chi connectivity index (χ0) is 9.26. The molecule has 1 aliphatic rings. The van der Waals surface area contributed by atoms with E-state index in [0.29, 0.717) is 16.8 Å². The summed E-state index contributed by atoms with van der Waals surface area (Å²) in [5.41, 5.74) is 6.40. The zero-order valence-electron chi connectivity index (χ0n) is 7.29. The molecule has 0 unspecified atom stereocenters. The number of benzene rings is 1. The molecule has 1 aromatic rings. The van der Waals surface area contributed by atoms with Gasteiger partial charge in [0.05, 0.1) is 11.8 Å². The average molecular weight is 198 g/mol. The predicted molar refractivity (Wildman–Crippen MR) is 54.1 cm³/mol. The van der Waals surface area contributed by atoms with Crippen LogP contribution in [0.25, 0.3) is 0 Å². The first-order valence-corrected chi connectivity index (χ1v) is 4.85. The van der Waals surface area contributed by atoms with Gasteiger partial charge < -0.3 is 10.5 Å². The van der Waals surface area contributed by atoms with Gasteiger partial charge in [0.15, 0.2) is 0 Å². The van der Waals surface area contributed by atoms with Gasteiger partial charge in [-0.2, -0.15) is 0 Å². The van der Waals surface area contributed by atoms with Gasteiger partial charge in [0.2, 0.25) is 0 Å². The quantitative estimate of drug-likeness (QED) is 0.740. The maximum absolute atomic E-state index is 5.83. The SMILES string of the molecule is Nc1ccc(Cl)cc1OC1CCC1. The van der Waals surface area contributed by atoms with E-state index in [-0.39, 0.29) is 0 Å². The number of hydrogen-bond acceptors (Lipinski definition) is 2. The van der Waals surface area contributed by atoms with E-state index in [0.717, 1.165) is 18.6 Å². The Kier molecular flexibility index (Phi) is 2.32. The Morgan fingerprint density at radius 2 is 2.15 bits per heavy atom.